The van der Waals surface area contributed by atoms with Gasteiger partial charge in [-0.25, -0.2) is 18.1 Å². The molecule has 1 aliphatic rings. The number of hydrogen-bond acceptors (Lipinski definition) is 5. The molecule has 0 bridgehead atoms. The summed E-state index contributed by atoms with van der Waals surface area (Å²) in [6.07, 6.45) is 1.33. The van der Waals surface area contributed by atoms with Crippen molar-refractivity contribution < 1.29 is 13.2 Å². The van der Waals surface area contributed by atoms with Crippen LogP contribution in [-0.4, -0.2) is 62.2 Å². The van der Waals surface area contributed by atoms with Crippen molar-refractivity contribution >= 4 is 10.0 Å². The summed E-state index contributed by atoms with van der Waals surface area (Å²) in [4.78, 5) is 8.82. The van der Waals surface area contributed by atoms with E-state index in [0.29, 0.717) is 25.6 Å². The monoisotopic (exact) mass is 288 g/mol. The van der Waals surface area contributed by atoms with Crippen LogP contribution in [-0.2, 0) is 14.8 Å². The topological polar surface area (TPSA) is 87.3 Å². The van der Waals surface area contributed by atoms with Crippen LogP contribution in [0.1, 0.15) is 12.7 Å². The Morgan fingerprint density at radius 1 is 1.53 bits per heavy atom. The second-order valence-electron chi connectivity index (χ2n) is 4.77. The third-order valence-electron chi connectivity index (χ3n) is 2.96. The molecule has 1 unspecified atom stereocenters. The van der Waals surface area contributed by atoms with Gasteiger partial charge in [-0.3, -0.25) is 4.90 Å². The van der Waals surface area contributed by atoms with Gasteiger partial charge < -0.3 is 9.72 Å². The summed E-state index contributed by atoms with van der Waals surface area (Å²) < 4.78 is 32.1. The zero-order chi connectivity index (χ0) is 13.9. The van der Waals surface area contributed by atoms with E-state index in [2.05, 4.69) is 19.6 Å². The molecular weight excluding hydrogens is 268 g/mol. The van der Waals surface area contributed by atoms with Crippen LogP contribution >= 0.6 is 0 Å². The van der Waals surface area contributed by atoms with Crippen molar-refractivity contribution in [3.8, 4) is 0 Å². The molecule has 108 valence electrons. The molecule has 2 heterocycles. The molecule has 7 nitrogen and oxygen atoms in total. The molecule has 0 aliphatic carbocycles. The Kier molecular flexibility index (Phi) is 4.56. The standard InChI is InChI=1S/C11H20N4O3S/c1-9(8-15-3-5-18-6-4-15)14-19(16,17)11-7-12-10(2)13-11/h7,9,14H,3-6,8H2,1-2H3,(H,12,13). The van der Waals surface area contributed by atoms with E-state index in [4.69, 9.17) is 4.74 Å². The molecule has 1 aromatic rings. The van der Waals surface area contributed by atoms with E-state index in [-0.39, 0.29) is 11.1 Å². The second-order valence-corrected chi connectivity index (χ2v) is 6.45. The maximum Gasteiger partial charge on any atom is 0.257 e. The summed E-state index contributed by atoms with van der Waals surface area (Å²) in [5, 5.41) is 0.110. The highest BCUT2D eigenvalue weighted by atomic mass is 32.2. The van der Waals surface area contributed by atoms with Gasteiger partial charge in [0.05, 0.1) is 19.4 Å². The lowest BCUT2D eigenvalue weighted by atomic mass is 10.3. The number of sulfonamides is 1. The quantitative estimate of drug-likeness (QED) is 0.778. The van der Waals surface area contributed by atoms with Gasteiger partial charge in [0.1, 0.15) is 5.82 Å². The predicted octanol–water partition coefficient (Wildman–Crippen LogP) is -0.283. The molecule has 1 aromatic heterocycles. The fraction of sp³-hybridized carbons (Fsp3) is 0.727. The van der Waals surface area contributed by atoms with E-state index in [1.807, 2.05) is 6.92 Å². The van der Waals surface area contributed by atoms with Crippen LogP contribution in [0.5, 0.6) is 0 Å². The fourth-order valence-corrected chi connectivity index (χ4v) is 3.28. The number of ether oxygens (including phenoxy) is 1. The Balaban J connectivity index is 1.92. The van der Waals surface area contributed by atoms with Gasteiger partial charge in [-0.1, -0.05) is 0 Å². The lowest BCUT2D eigenvalue weighted by molar-refractivity contribution is 0.0354. The number of imidazole rings is 1. The predicted molar refractivity (Wildman–Crippen MR) is 70.4 cm³/mol. The zero-order valence-electron chi connectivity index (χ0n) is 11.2. The molecule has 1 saturated heterocycles. The normalized spacial score (nSPS) is 19.5. The molecule has 1 atom stereocenters. The first kappa shape index (κ1) is 14.4. The van der Waals surface area contributed by atoms with Crippen molar-refractivity contribution in [2.75, 3.05) is 32.8 Å². The van der Waals surface area contributed by atoms with Crippen LogP contribution < -0.4 is 4.72 Å². The Bertz CT molecular complexity index is 508. The summed E-state index contributed by atoms with van der Waals surface area (Å²) in [6, 6.07) is -0.160. The van der Waals surface area contributed by atoms with Gasteiger partial charge in [-0.05, 0) is 13.8 Å². The van der Waals surface area contributed by atoms with Crippen LogP contribution in [0.4, 0.5) is 0 Å². The molecule has 0 amide bonds. The van der Waals surface area contributed by atoms with Gasteiger partial charge in [-0.15, -0.1) is 0 Å². The maximum atomic E-state index is 12.1. The first-order valence-electron chi connectivity index (χ1n) is 6.31. The average molecular weight is 288 g/mol. The van der Waals surface area contributed by atoms with Crippen LogP contribution in [0.3, 0.4) is 0 Å². The number of nitrogens with zero attached hydrogens (tertiary/aromatic N) is 2. The van der Waals surface area contributed by atoms with Crippen LogP contribution in [0.15, 0.2) is 11.2 Å². The second kappa shape index (κ2) is 6.00. The third kappa shape index (κ3) is 4.00. The van der Waals surface area contributed by atoms with Gasteiger partial charge in [0, 0.05) is 25.7 Å². The number of aromatic nitrogens is 2. The van der Waals surface area contributed by atoms with Crippen molar-refractivity contribution in [3.63, 3.8) is 0 Å². The zero-order valence-corrected chi connectivity index (χ0v) is 12.0. The maximum absolute atomic E-state index is 12.1. The molecule has 2 rings (SSSR count). The van der Waals surface area contributed by atoms with E-state index in [0.717, 1.165) is 13.1 Å². The smallest absolute Gasteiger partial charge is 0.257 e. The van der Waals surface area contributed by atoms with Crippen LogP contribution in [0.2, 0.25) is 0 Å². The highest BCUT2D eigenvalue weighted by Crippen LogP contribution is 2.07. The van der Waals surface area contributed by atoms with Gasteiger partial charge in [0.25, 0.3) is 10.0 Å². The third-order valence-corrected chi connectivity index (χ3v) is 4.46. The molecule has 8 heteroatoms. The van der Waals surface area contributed by atoms with E-state index in [1.54, 1.807) is 6.92 Å². The Morgan fingerprint density at radius 2 is 2.21 bits per heavy atom. The van der Waals surface area contributed by atoms with E-state index in [9.17, 15) is 8.42 Å². The number of nitrogens with one attached hydrogen (secondary N) is 2. The minimum absolute atomic E-state index is 0.110. The summed E-state index contributed by atoms with van der Waals surface area (Å²) >= 11 is 0. The summed E-state index contributed by atoms with van der Waals surface area (Å²) in [5.41, 5.74) is 0. The molecule has 19 heavy (non-hydrogen) atoms. The van der Waals surface area contributed by atoms with Gasteiger partial charge in [-0.2, -0.15) is 0 Å². The minimum Gasteiger partial charge on any atom is -0.379 e. The molecule has 1 fully saturated rings. The Hall–Kier alpha value is -0.960. The molecule has 0 saturated carbocycles. The highest BCUT2D eigenvalue weighted by molar-refractivity contribution is 7.89. The van der Waals surface area contributed by atoms with E-state index >= 15 is 0 Å². The molecular formula is C11H20N4O3S. The van der Waals surface area contributed by atoms with Crippen molar-refractivity contribution in [3.05, 3.63) is 12.0 Å². The largest absolute Gasteiger partial charge is 0.379 e. The molecule has 0 spiro atoms. The van der Waals surface area contributed by atoms with Crippen molar-refractivity contribution in [2.24, 2.45) is 0 Å². The van der Waals surface area contributed by atoms with E-state index in [1.165, 1.54) is 6.20 Å². The van der Waals surface area contributed by atoms with Crippen molar-refractivity contribution in [1.29, 1.82) is 0 Å². The Morgan fingerprint density at radius 3 is 2.79 bits per heavy atom. The lowest BCUT2D eigenvalue weighted by Gasteiger charge is -2.29. The molecule has 1 aliphatic heterocycles. The van der Waals surface area contributed by atoms with Gasteiger partial charge >= 0.3 is 0 Å². The lowest BCUT2D eigenvalue weighted by Crippen LogP contribution is -2.46. The number of aromatic amines is 1. The van der Waals surface area contributed by atoms with E-state index < -0.39 is 10.0 Å². The summed E-state index contributed by atoms with van der Waals surface area (Å²) in [7, 11) is -3.52. The van der Waals surface area contributed by atoms with Crippen molar-refractivity contribution in [1.82, 2.24) is 19.6 Å². The summed E-state index contributed by atoms with van der Waals surface area (Å²) in [6.45, 7) is 7.35. The molecule has 0 aromatic carbocycles. The minimum atomic E-state index is -3.52. The summed E-state index contributed by atoms with van der Waals surface area (Å²) in [5.74, 6) is 0.584. The molecule has 2 N–H and O–H groups in total. The van der Waals surface area contributed by atoms with Crippen LogP contribution in [0.25, 0.3) is 0 Å². The first-order chi connectivity index (χ1) is 8.97. The SMILES string of the molecule is Cc1ncc(S(=O)(=O)NC(C)CN2CCOCC2)[nH]1. The highest BCUT2D eigenvalue weighted by Gasteiger charge is 2.21. The Labute approximate surface area is 113 Å². The number of H-pyrrole nitrogens is 1. The fourth-order valence-electron chi connectivity index (χ4n) is 2.07. The van der Waals surface area contributed by atoms with Crippen LogP contribution in [0, 0.1) is 6.92 Å². The average Bonchev–Trinajstić information content (AvgIpc) is 2.77. The molecule has 0 radical (unpaired) electrons. The first-order valence-corrected chi connectivity index (χ1v) is 7.80. The number of morpholine rings is 1. The number of rotatable bonds is 5. The van der Waals surface area contributed by atoms with Gasteiger partial charge in [0.2, 0.25) is 0 Å². The van der Waals surface area contributed by atoms with Crippen molar-refractivity contribution in [2.45, 2.75) is 24.9 Å². The number of hydrogen-bond donors (Lipinski definition) is 2. The number of aryl methyl sites for hydroxylation is 1. The van der Waals surface area contributed by atoms with Gasteiger partial charge in [0.15, 0.2) is 5.03 Å².